The fraction of sp³-hybridized carbons (Fsp3) is 0.444. The number of hydrogen-bond acceptors (Lipinski definition) is 5. The van der Waals surface area contributed by atoms with Crippen LogP contribution in [0.1, 0.15) is 30.1 Å². The molecule has 0 aromatic carbocycles. The Morgan fingerprint density at radius 3 is 2.50 bits per heavy atom. The highest BCUT2D eigenvalue weighted by Gasteiger charge is 2.31. The van der Waals surface area contributed by atoms with Crippen LogP contribution >= 0.6 is 0 Å². The fourth-order valence-corrected chi connectivity index (χ4v) is 4.31. The van der Waals surface area contributed by atoms with E-state index in [9.17, 15) is 8.42 Å². The number of anilines is 2. The highest BCUT2D eigenvalue weighted by Crippen LogP contribution is 2.28. The highest BCUT2D eigenvalue weighted by molar-refractivity contribution is 7.86. The molecule has 1 atom stereocenters. The van der Waals surface area contributed by atoms with Gasteiger partial charge in [0.05, 0.1) is 0 Å². The largest absolute Gasteiger partial charge is 0.325 e. The molecule has 0 amide bonds. The zero-order chi connectivity index (χ0) is 18.7. The maximum Gasteiger partial charge on any atom is 0.281 e. The van der Waals surface area contributed by atoms with Gasteiger partial charge < -0.3 is 5.32 Å². The summed E-state index contributed by atoms with van der Waals surface area (Å²) in [6, 6.07) is 11.6. The van der Waals surface area contributed by atoms with Gasteiger partial charge in [0.2, 0.25) is 0 Å². The van der Waals surface area contributed by atoms with Crippen LogP contribution in [0.3, 0.4) is 0 Å². The Kier molecular flexibility index (Phi) is 5.55. The van der Waals surface area contributed by atoms with E-state index < -0.39 is 10.2 Å². The highest BCUT2D eigenvalue weighted by atomic mass is 32.2. The number of aryl methyl sites for hydroxylation is 1. The van der Waals surface area contributed by atoms with E-state index >= 15 is 0 Å². The average molecular weight is 375 g/mol. The van der Waals surface area contributed by atoms with Crippen molar-refractivity contribution in [3.63, 3.8) is 0 Å². The molecule has 3 rings (SSSR count). The van der Waals surface area contributed by atoms with Crippen LogP contribution in [-0.4, -0.2) is 54.2 Å². The van der Waals surface area contributed by atoms with E-state index in [2.05, 4.69) is 10.3 Å². The average Bonchev–Trinajstić information content (AvgIpc) is 2.62. The maximum atomic E-state index is 12.4. The molecule has 0 unspecified atom stereocenters. The van der Waals surface area contributed by atoms with Crippen LogP contribution < -0.4 is 5.32 Å². The molecule has 26 heavy (non-hydrogen) atoms. The lowest BCUT2D eigenvalue weighted by molar-refractivity contribution is 0.296. The summed E-state index contributed by atoms with van der Waals surface area (Å²) in [6.07, 6.45) is 1.76. The van der Waals surface area contributed by atoms with Gasteiger partial charge in [-0.05, 0) is 44.0 Å². The lowest BCUT2D eigenvalue weighted by Crippen LogP contribution is -2.45. The summed E-state index contributed by atoms with van der Waals surface area (Å²) in [7, 11) is -0.259. The summed E-state index contributed by atoms with van der Waals surface area (Å²) in [6.45, 7) is 2.96. The standard InChI is InChI=1S/C18H25N5O2S/c1-14-7-4-10-17(19-14)21-18-11-5-9-16(20-18)15-8-6-12-23(13-15)26(24,25)22(2)3/h4-5,7,9-11,15H,6,8,12-13H2,1-3H3,(H,19,20,21)/t15-/m1/s1. The van der Waals surface area contributed by atoms with Crippen molar-refractivity contribution in [3.05, 3.63) is 47.8 Å². The lowest BCUT2D eigenvalue weighted by Gasteiger charge is -2.33. The molecule has 1 N–H and O–H groups in total. The first kappa shape index (κ1) is 18.8. The van der Waals surface area contributed by atoms with E-state index in [0.717, 1.165) is 30.0 Å². The Bertz CT molecular complexity index is 869. The monoisotopic (exact) mass is 375 g/mol. The third-order valence-corrected chi connectivity index (χ3v) is 6.41. The maximum absolute atomic E-state index is 12.4. The Morgan fingerprint density at radius 2 is 1.81 bits per heavy atom. The molecular formula is C18H25N5O2S. The summed E-state index contributed by atoms with van der Waals surface area (Å²) in [5.41, 5.74) is 1.84. The van der Waals surface area contributed by atoms with Crippen molar-refractivity contribution in [1.29, 1.82) is 0 Å². The molecule has 1 saturated heterocycles. The minimum atomic E-state index is -3.39. The van der Waals surface area contributed by atoms with Crippen molar-refractivity contribution in [2.75, 3.05) is 32.5 Å². The van der Waals surface area contributed by atoms with E-state index in [4.69, 9.17) is 4.98 Å². The van der Waals surface area contributed by atoms with Gasteiger partial charge in [-0.1, -0.05) is 12.1 Å². The third-order valence-electron chi connectivity index (χ3n) is 4.51. The second-order valence-corrected chi connectivity index (χ2v) is 8.87. The Morgan fingerprint density at radius 1 is 1.12 bits per heavy atom. The molecule has 1 aliphatic heterocycles. The topological polar surface area (TPSA) is 78.4 Å². The Balaban J connectivity index is 1.77. The first-order chi connectivity index (χ1) is 12.4. The molecule has 140 valence electrons. The van der Waals surface area contributed by atoms with Gasteiger partial charge in [-0.25, -0.2) is 9.97 Å². The molecule has 3 heterocycles. The smallest absolute Gasteiger partial charge is 0.281 e. The van der Waals surface area contributed by atoms with Crippen LogP contribution in [0.25, 0.3) is 0 Å². The first-order valence-corrected chi connectivity index (χ1v) is 10.1. The molecule has 0 bridgehead atoms. The predicted octanol–water partition coefficient (Wildman–Crippen LogP) is 2.51. The quantitative estimate of drug-likeness (QED) is 0.869. The van der Waals surface area contributed by atoms with Crippen molar-refractivity contribution in [3.8, 4) is 0 Å². The minimum absolute atomic E-state index is 0.0886. The van der Waals surface area contributed by atoms with Crippen molar-refractivity contribution in [1.82, 2.24) is 18.6 Å². The number of nitrogens with one attached hydrogen (secondary N) is 1. The SMILES string of the molecule is Cc1cccc(Nc2cccc([C@@H]3CCCN(S(=O)(=O)N(C)C)C3)n2)n1. The second-order valence-electron chi connectivity index (χ2n) is 6.72. The molecule has 0 spiro atoms. The number of hydrogen-bond donors (Lipinski definition) is 1. The first-order valence-electron chi connectivity index (χ1n) is 8.71. The van der Waals surface area contributed by atoms with E-state index in [1.165, 1.54) is 4.31 Å². The second kappa shape index (κ2) is 7.69. The van der Waals surface area contributed by atoms with Crippen LogP contribution in [0.15, 0.2) is 36.4 Å². The number of aromatic nitrogens is 2. The van der Waals surface area contributed by atoms with Crippen LogP contribution in [0.4, 0.5) is 11.6 Å². The minimum Gasteiger partial charge on any atom is -0.325 e. The van der Waals surface area contributed by atoms with Gasteiger partial charge in [-0.2, -0.15) is 17.0 Å². The summed E-state index contributed by atoms with van der Waals surface area (Å²) in [5.74, 6) is 1.55. The van der Waals surface area contributed by atoms with Crippen LogP contribution in [-0.2, 0) is 10.2 Å². The molecule has 8 heteroatoms. The molecule has 7 nitrogen and oxygen atoms in total. The molecule has 0 aliphatic carbocycles. The summed E-state index contributed by atoms with van der Waals surface area (Å²) in [4.78, 5) is 9.13. The molecular weight excluding hydrogens is 350 g/mol. The third kappa shape index (κ3) is 4.20. The van der Waals surface area contributed by atoms with Gasteiger partial charge in [0, 0.05) is 44.5 Å². The van der Waals surface area contributed by atoms with Crippen molar-refractivity contribution >= 4 is 21.8 Å². The van der Waals surface area contributed by atoms with Crippen LogP contribution in [0.2, 0.25) is 0 Å². The summed E-state index contributed by atoms with van der Waals surface area (Å²) in [5, 5.41) is 3.22. The lowest BCUT2D eigenvalue weighted by atomic mass is 9.95. The molecule has 0 saturated carbocycles. The normalized spacial score (nSPS) is 18.8. The fourth-order valence-electron chi connectivity index (χ4n) is 3.12. The van der Waals surface area contributed by atoms with Gasteiger partial charge in [-0.3, -0.25) is 0 Å². The van der Waals surface area contributed by atoms with Gasteiger partial charge >= 0.3 is 0 Å². The van der Waals surface area contributed by atoms with E-state index in [0.29, 0.717) is 18.9 Å². The molecule has 0 radical (unpaired) electrons. The summed E-state index contributed by atoms with van der Waals surface area (Å²) < 4.78 is 27.6. The van der Waals surface area contributed by atoms with Crippen molar-refractivity contribution in [2.24, 2.45) is 0 Å². The van der Waals surface area contributed by atoms with E-state index in [1.807, 2.05) is 43.3 Å². The predicted molar refractivity (Wildman–Crippen MR) is 103 cm³/mol. The number of nitrogens with zero attached hydrogens (tertiary/aromatic N) is 4. The Hall–Kier alpha value is -2.03. The number of piperidine rings is 1. The zero-order valence-electron chi connectivity index (χ0n) is 15.4. The van der Waals surface area contributed by atoms with Gasteiger partial charge in [-0.15, -0.1) is 0 Å². The van der Waals surface area contributed by atoms with E-state index in [-0.39, 0.29) is 5.92 Å². The van der Waals surface area contributed by atoms with Gasteiger partial charge in [0.25, 0.3) is 10.2 Å². The zero-order valence-corrected chi connectivity index (χ0v) is 16.2. The number of pyridine rings is 2. The molecule has 2 aromatic rings. The van der Waals surface area contributed by atoms with Gasteiger partial charge in [0.1, 0.15) is 11.6 Å². The molecule has 1 aliphatic rings. The van der Waals surface area contributed by atoms with Crippen LogP contribution in [0, 0.1) is 6.92 Å². The van der Waals surface area contributed by atoms with E-state index in [1.54, 1.807) is 18.4 Å². The molecule has 1 fully saturated rings. The van der Waals surface area contributed by atoms with Crippen LogP contribution in [0.5, 0.6) is 0 Å². The number of rotatable bonds is 5. The summed E-state index contributed by atoms with van der Waals surface area (Å²) >= 11 is 0. The van der Waals surface area contributed by atoms with Gasteiger partial charge in [0.15, 0.2) is 0 Å². The van der Waals surface area contributed by atoms with Crippen molar-refractivity contribution < 1.29 is 8.42 Å². The Labute approximate surface area is 155 Å². The van der Waals surface area contributed by atoms with Crippen molar-refractivity contribution in [2.45, 2.75) is 25.7 Å². The molecule has 2 aromatic heterocycles.